The largest absolute Gasteiger partial charge is 0.390 e. The monoisotopic (exact) mass is 299 g/mol. The first-order valence-corrected chi connectivity index (χ1v) is 9.27. The summed E-state index contributed by atoms with van der Waals surface area (Å²) >= 11 is 0. The second-order valence-corrected chi connectivity index (χ2v) is 7.92. The zero-order chi connectivity index (χ0) is 15.0. The maximum Gasteiger partial charge on any atom is 0.0690 e. The minimum Gasteiger partial charge on any atom is -0.390 e. The lowest BCUT2D eigenvalue weighted by Gasteiger charge is -2.32. The van der Waals surface area contributed by atoms with E-state index in [1.807, 2.05) is 0 Å². The Hall–Kier alpha value is -0.860. The topological polar surface area (TPSA) is 32.3 Å². The van der Waals surface area contributed by atoms with Crippen LogP contribution in [-0.2, 0) is 19.4 Å². The molecule has 0 radical (unpaired) electrons. The van der Waals surface area contributed by atoms with E-state index in [1.165, 1.54) is 50.5 Å². The van der Waals surface area contributed by atoms with Crippen molar-refractivity contribution in [3.05, 3.63) is 34.9 Å². The van der Waals surface area contributed by atoms with E-state index in [1.54, 1.807) is 11.1 Å². The molecule has 22 heavy (non-hydrogen) atoms. The molecule has 2 bridgehead atoms. The van der Waals surface area contributed by atoms with Crippen LogP contribution < -0.4 is 5.32 Å². The summed E-state index contributed by atoms with van der Waals surface area (Å²) in [6.07, 6.45) is 11.1. The Morgan fingerprint density at radius 3 is 2.77 bits per heavy atom. The van der Waals surface area contributed by atoms with E-state index >= 15 is 0 Å². The van der Waals surface area contributed by atoms with Gasteiger partial charge in [-0.05, 0) is 92.9 Å². The summed E-state index contributed by atoms with van der Waals surface area (Å²) in [6.45, 7) is 1.88. The van der Waals surface area contributed by atoms with Crippen molar-refractivity contribution in [1.82, 2.24) is 5.32 Å². The highest BCUT2D eigenvalue weighted by atomic mass is 16.3. The molecule has 3 atom stereocenters. The summed E-state index contributed by atoms with van der Waals surface area (Å²) in [7, 11) is 0. The van der Waals surface area contributed by atoms with Crippen molar-refractivity contribution in [1.29, 1.82) is 0 Å². The van der Waals surface area contributed by atoms with Crippen LogP contribution in [0.1, 0.15) is 61.6 Å². The SMILES string of the molecule is OC1(CCNCc2ccc3c(c2)CCCC3)CC2CCC1C2. The van der Waals surface area contributed by atoms with Crippen molar-refractivity contribution in [2.24, 2.45) is 11.8 Å². The Morgan fingerprint density at radius 2 is 2.00 bits per heavy atom. The van der Waals surface area contributed by atoms with Crippen molar-refractivity contribution in [2.45, 2.75) is 69.9 Å². The Bertz CT molecular complexity index is 541. The average Bonchev–Trinajstić information content (AvgIpc) is 3.12. The fourth-order valence-corrected chi connectivity index (χ4v) is 5.16. The highest BCUT2D eigenvalue weighted by molar-refractivity contribution is 5.33. The third-order valence-corrected chi connectivity index (χ3v) is 6.42. The van der Waals surface area contributed by atoms with Crippen molar-refractivity contribution in [3.8, 4) is 0 Å². The number of fused-ring (bicyclic) bond motifs is 3. The molecule has 0 spiro atoms. The van der Waals surface area contributed by atoms with Crippen molar-refractivity contribution in [3.63, 3.8) is 0 Å². The second kappa shape index (κ2) is 5.98. The first-order chi connectivity index (χ1) is 10.7. The molecule has 2 N–H and O–H groups in total. The molecule has 4 rings (SSSR count). The van der Waals surface area contributed by atoms with Gasteiger partial charge in [-0.3, -0.25) is 0 Å². The highest BCUT2D eigenvalue weighted by Crippen LogP contribution is 2.51. The van der Waals surface area contributed by atoms with E-state index < -0.39 is 0 Å². The molecule has 1 aromatic carbocycles. The van der Waals surface area contributed by atoms with Gasteiger partial charge in [0.25, 0.3) is 0 Å². The van der Waals surface area contributed by atoms with Gasteiger partial charge in [-0.15, -0.1) is 0 Å². The molecule has 0 amide bonds. The summed E-state index contributed by atoms with van der Waals surface area (Å²) in [4.78, 5) is 0. The molecule has 120 valence electrons. The minimum atomic E-state index is -0.355. The Kier molecular flexibility index (Phi) is 4.00. The van der Waals surface area contributed by atoms with E-state index in [0.717, 1.165) is 31.8 Å². The molecule has 3 aliphatic carbocycles. The van der Waals surface area contributed by atoms with Gasteiger partial charge < -0.3 is 10.4 Å². The fourth-order valence-electron chi connectivity index (χ4n) is 5.16. The van der Waals surface area contributed by atoms with E-state index in [0.29, 0.717) is 5.92 Å². The molecule has 0 heterocycles. The third-order valence-electron chi connectivity index (χ3n) is 6.42. The van der Waals surface area contributed by atoms with Gasteiger partial charge in [0.2, 0.25) is 0 Å². The molecule has 2 fully saturated rings. The lowest BCUT2D eigenvalue weighted by Crippen LogP contribution is -2.38. The third kappa shape index (κ3) is 2.83. The molecule has 2 nitrogen and oxygen atoms in total. The smallest absolute Gasteiger partial charge is 0.0690 e. The standard InChI is InChI=1S/C20H29NO/c22-20(13-15-6-8-19(20)12-15)9-10-21-14-16-5-7-17-3-1-2-4-18(17)11-16/h5,7,11,15,19,21-22H,1-4,6,8-10,12-14H2. The molecule has 0 aromatic heterocycles. The van der Waals surface area contributed by atoms with Gasteiger partial charge in [0, 0.05) is 6.54 Å². The Balaban J connectivity index is 1.27. The van der Waals surface area contributed by atoms with Crippen LogP contribution >= 0.6 is 0 Å². The van der Waals surface area contributed by atoms with Crippen LogP contribution in [0.3, 0.4) is 0 Å². The van der Waals surface area contributed by atoms with E-state index in [4.69, 9.17) is 0 Å². The summed E-state index contributed by atoms with van der Waals surface area (Å²) in [5, 5.41) is 14.4. The number of aliphatic hydroxyl groups is 1. The van der Waals surface area contributed by atoms with Gasteiger partial charge in [-0.2, -0.15) is 0 Å². The molecule has 1 aromatic rings. The lowest BCUT2D eigenvalue weighted by atomic mass is 9.82. The predicted molar refractivity (Wildman–Crippen MR) is 89.8 cm³/mol. The molecule has 2 saturated carbocycles. The predicted octanol–water partition coefficient (Wildman–Crippen LogP) is 3.60. The molecule has 2 heteroatoms. The van der Waals surface area contributed by atoms with Crippen LogP contribution in [0.2, 0.25) is 0 Å². The highest BCUT2D eigenvalue weighted by Gasteiger charge is 2.49. The van der Waals surface area contributed by atoms with Gasteiger partial charge in [0.15, 0.2) is 0 Å². The summed E-state index contributed by atoms with van der Waals surface area (Å²) < 4.78 is 0. The molecular weight excluding hydrogens is 270 g/mol. The van der Waals surface area contributed by atoms with Crippen LogP contribution in [0.25, 0.3) is 0 Å². The number of benzene rings is 1. The Labute approximate surface area is 134 Å². The van der Waals surface area contributed by atoms with Crippen LogP contribution in [0.4, 0.5) is 0 Å². The quantitative estimate of drug-likeness (QED) is 0.814. The average molecular weight is 299 g/mol. The maximum atomic E-state index is 10.8. The van der Waals surface area contributed by atoms with Crippen LogP contribution in [-0.4, -0.2) is 17.3 Å². The number of hydrogen-bond acceptors (Lipinski definition) is 2. The number of nitrogens with one attached hydrogen (secondary N) is 1. The number of hydrogen-bond donors (Lipinski definition) is 2. The van der Waals surface area contributed by atoms with E-state index in [-0.39, 0.29) is 5.60 Å². The van der Waals surface area contributed by atoms with Gasteiger partial charge >= 0.3 is 0 Å². The van der Waals surface area contributed by atoms with Crippen LogP contribution in [0.15, 0.2) is 18.2 Å². The minimum absolute atomic E-state index is 0.355. The van der Waals surface area contributed by atoms with Crippen molar-refractivity contribution < 1.29 is 5.11 Å². The van der Waals surface area contributed by atoms with E-state index in [2.05, 4.69) is 23.5 Å². The second-order valence-electron chi connectivity index (χ2n) is 7.92. The summed E-state index contributed by atoms with van der Waals surface area (Å²) in [6, 6.07) is 7.01. The van der Waals surface area contributed by atoms with Gasteiger partial charge in [-0.1, -0.05) is 18.2 Å². The Morgan fingerprint density at radius 1 is 1.14 bits per heavy atom. The molecular formula is C20H29NO. The zero-order valence-electron chi connectivity index (χ0n) is 13.6. The molecule has 3 unspecified atom stereocenters. The summed E-state index contributed by atoms with van der Waals surface area (Å²) in [5.41, 5.74) is 4.18. The zero-order valence-corrected chi connectivity index (χ0v) is 13.6. The number of rotatable bonds is 5. The first kappa shape index (κ1) is 14.7. The van der Waals surface area contributed by atoms with Gasteiger partial charge in [-0.25, -0.2) is 0 Å². The maximum absolute atomic E-state index is 10.8. The van der Waals surface area contributed by atoms with E-state index in [9.17, 15) is 5.11 Å². The normalized spacial score (nSPS) is 33.1. The van der Waals surface area contributed by atoms with Crippen molar-refractivity contribution in [2.75, 3.05) is 6.54 Å². The summed E-state index contributed by atoms with van der Waals surface area (Å²) in [5.74, 6) is 1.40. The number of aryl methyl sites for hydroxylation is 2. The van der Waals surface area contributed by atoms with Crippen LogP contribution in [0.5, 0.6) is 0 Å². The fraction of sp³-hybridized carbons (Fsp3) is 0.700. The van der Waals surface area contributed by atoms with Crippen LogP contribution in [0, 0.1) is 11.8 Å². The first-order valence-electron chi connectivity index (χ1n) is 9.27. The van der Waals surface area contributed by atoms with Gasteiger partial charge in [0.1, 0.15) is 0 Å². The molecule has 3 aliphatic rings. The lowest BCUT2D eigenvalue weighted by molar-refractivity contribution is -0.0200. The molecule has 0 saturated heterocycles. The van der Waals surface area contributed by atoms with Crippen molar-refractivity contribution >= 4 is 0 Å². The van der Waals surface area contributed by atoms with Gasteiger partial charge in [0.05, 0.1) is 5.60 Å². The molecule has 0 aliphatic heterocycles.